The molecule has 3 rings (SSSR count). The third kappa shape index (κ3) is 2.37. The average Bonchev–Trinajstić information content (AvgIpc) is 2.74. The molecule has 0 amide bonds. The van der Waals surface area contributed by atoms with E-state index in [4.69, 9.17) is 4.74 Å². The molecule has 90 valence electrons. The molecule has 0 spiro atoms. The molecule has 0 atom stereocenters. The third-order valence-electron chi connectivity index (χ3n) is 3.31. The van der Waals surface area contributed by atoms with Gasteiger partial charge < -0.3 is 4.74 Å². The summed E-state index contributed by atoms with van der Waals surface area (Å²) in [5.41, 5.74) is 1.38. The van der Waals surface area contributed by atoms with E-state index >= 15 is 0 Å². The van der Waals surface area contributed by atoms with Crippen LogP contribution in [0.5, 0.6) is 0 Å². The summed E-state index contributed by atoms with van der Waals surface area (Å²) >= 11 is 1.92. The van der Waals surface area contributed by atoms with Crippen LogP contribution in [0.25, 0.3) is 10.1 Å². The van der Waals surface area contributed by atoms with Crippen LogP contribution in [0.4, 0.5) is 0 Å². The van der Waals surface area contributed by atoms with Crippen LogP contribution in [0.1, 0.15) is 10.4 Å². The lowest BCUT2D eigenvalue weighted by atomic mass is 10.1. The summed E-state index contributed by atoms with van der Waals surface area (Å²) in [5, 5.41) is 1.42. The molecule has 2 aromatic rings. The number of hydrogen-bond donors (Lipinski definition) is 0. The van der Waals surface area contributed by atoms with Crippen molar-refractivity contribution >= 4 is 21.4 Å². The first-order valence-corrected chi connectivity index (χ1v) is 6.93. The van der Waals surface area contributed by atoms with Crippen LogP contribution in [0.3, 0.4) is 0 Å². The van der Waals surface area contributed by atoms with Crippen LogP contribution in [0, 0.1) is 6.92 Å². The second kappa shape index (κ2) is 4.77. The van der Waals surface area contributed by atoms with E-state index in [0.717, 1.165) is 32.8 Å². The first kappa shape index (κ1) is 11.2. The third-order valence-corrected chi connectivity index (χ3v) is 4.40. The van der Waals surface area contributed by atoms with Crippen molar-refractivity contribution in [3.05, 3.63) is 34.7 Å². The Morgan fingerprint density at radius 3 is 2.88 bits per heavy atom. The predicted molar refractivity (Wildman–Crippen MR) is 72.7 cm³/mol. The number of benzene rings is 1. The Kier molecular flexibility index (Phi) is 3.14. The summed E-state index contributed by atoms with van der Waals surface area (Å²) in [6, 6.07) is 8.90. The highest BCUT2D eigenvalue weighted by Crippen LogP contribution is 2.28. The molecule has 1 aromatic carbocycles. The summed E-state index contributed by atoms with van der Waals surface area (Å²) in [6.07, 6.45) is 0. The molecule has 1 aliphatic heterocycles. The summed E-state index contributed by atoms with van der Waals surface area (Å²) < 4.78 is 6.79. The van der Waals surface area contributed by atoms with Crippen LogP contribution in [-0.2, 0) is 11.3 Å². The largest absolute Gasteiger partial charge is 0.379 e. The first-order chi connectivity index (χ1) is 8.33. The normalized spacial score (nSPS) is 17.7. The van der Waals surface area contributed by atoms with E-state index in [2.05, 4.69) is 36.1 Å². The van der Waals surface area contributed by atoms with E-state index in [-0.39, 0.29) is 0 Å². The fourth-order valence-corrected chi connectivity index (χ4v) is 3.50. The maximum Gasteiger partial charge on any atom is 0.0594 e. The zero-order valence-electron chi connectivity index (χ0n) is 10.1. The molecule has 17 heavy (non-hydrogen) atoms. The number of rotatable bonds is 2. The second-order valence-corrected chi connectivity index (χ2v) is 5.76. The van der Waals surface area contributed by atoms with Crippen molar-refractivity contribution in [2.75, 3.05) is 26.3 Å². The summed E-state index contributed by atoms with van der Waals surface area (Å²) in [4.78, 5) is 3.94. The van der Waals surface area contributed by atoms with Crippen molar-refractivity contribution < 1.29 is 4.74 Å². The van der Waals surface area contributed by atoms with E-state index in [0.29, 0.717) is 0 Å². The highest BCUT2D eigenvalue weighted by atomic mass is 32.1. The SMILES string of the molecule is Cc1cccc2sc(CN3CCOCC3)cc12. The van der Waals surface area contributed by atoms with Gasteiger partial charge in [0.25, 0.3) is 0 Å². The van der Waals surface area contributed by atoms with Gasteiger partial charge in [0.2, 0.25) is 0 Å². The van der Waals surface area contributed by atoms with Gasteiger partial charge in [0.1, 0.15) is 0 Å². The molecule has 2 nitrogen and oxygen atoms in total. The van der Waals surface area contributed by atoms with Crippen molar-refractivity contribution in [2.45, 2.75) is 13.5 Å². The van der Waals surface area contributed by atoms with Gasteiger partial charge >= 0.3 is 0 Å². The lowest BCUT2D eigenvalue weighted by Crippen LogP contribution is -2.35. The number of ether oxygens (including phenoxy) is 1. The van der Waals surface area contributed by atoms with Gasteiger partial charge in [-0.15, -0.1) is 11.3 Å². The van der Waals surface area contributed by atoms with E-state index in [1.807, 2.05) is 11.3 Å². The summed E-state index contributed by atoms with van der Waals surface area (Å²) in [5.74, 6) is 0. The number of aryl methyl sites for hydroxylation is 1. The van der Waals surface area contributed by atoms with Gasteiger partial charge in [0.05, 0.1) is 13.2 Å². The maximum atomic E-state index is 5.38. The van der Waals surface area contributed by atoms with Crippen molar-refractivity contribution in [3.63, 3.8) is 0 Å². The molecule has 0 unspecified atom stereocenters. The molecule has 0 bridgehead atoms. The van der Waals surface area contributed by atoms with Crippen LogP contribution >= 0.6 is 11.3 Å². The smallest absolute Gasteiger partial charge is 0.0594 e. The number of nitrogens with zero attached hydrogens (tertiary/aromatic N) is 1. The zero-order chi connectivity index (χ0) is 11.7. The van der Waals surface area contributed by atoms with Crippen molar-refractivity contribution in [1.29, 1.82) is 0 Å². The highest BCUT2D eigenvalue weighted by molar-refractivity contribution is 7.19. The van der Waals surface area contributed by atoms with Gasteiger partial charge in [-0.05, 0) is 30.0 Å². The number of thiophene rings is 1. The molecular formula is C14H17NOS. The van der Waals surface area contributed by atoms with Crippen molar-refractivity contribution in [1.82, 2.24) is 4.90 Å². The number of morpholine rings is 1. The summed E-state index contributed by atoms with van der Waals surface area (Å²) in [6.45, 7) is 7.14. The van der Waals surface area contributed by atoms with Crippen molar-refractivity contribution in [2.24, 2.45) is 0 Å². The van der Waals surface area contributed by atoms with Crippen LogP contribution in [0.2, 0.25) is 0 Å². The zero-order valence-corrected chi connectivity index (χ0v) is 10.9. The number of fused-ring (bicyclic) bond motifs is 1. The average molecular weight is 247 g/mol. The number of hydrogen-bond acceptors (Lipinski definition) is 3. The van der Waals surface area contributed by atoms with Crippen molar-refractivity contribution in [3.8, 4) is 0 Å². The minimum Gasteiger partial charge on any atom is -0.379 e. The van der Waals surface area contributed by atoms with Crippen LogP contribution in [0.15, 0.2) is 24.3 Å². The Hall–Kier alpha value is -0.900. The lowest BCUT2D eigenvalue weighted by Gasteiger charge is -2.25. The predicted octanol–water partition coefficient (Wildman–Crippen LogP) is 3.04. The maximum absolute atomic E-state index is 5.38. The molecule has 1 aromatic heterocycles. The van der Waals surface area contributed by atoms with Crippen LogP contribution in [-0.4, -0.2) is 31.2 Å². The van der Waals surface area contributed by atoms with Gasteiger partial charge in [-0.25, -0.2) is 0 Å². The van der Waals surface area contributed by atoms with E-state index in [1.54, 1.807) is 0 Å². The standard InChI is InChI=1S/C14H17NOS/c1-11-3-2-4-14-13(11)9-12(17-14)10-15-5-7-16-8-6-15/h2-4,9H,5-8,10H2,1H3. The van der Waals surface area contributed by atoms with Gasteiger partial charge in [0, 0.05) is 29.2 Å². The van der Waals surface area contributed by atoms with Gasteiger partial charge in [-0.2, -0.15) is 0 Å². The fraction of sp³-hybridized carbons (Fsp3) is 0.429. The van der Waals surface area contributed by atoms with Gasteiger partial charge in [-0.1, -0.05) is 12.1 Å². The monoisotopic (exact) mass is 247 g/mol. The molecule has 0 saturated carbocycles. The minimum absolute atomic E-state index is 0.879. The Morgan fingerprint density at radius 1 is 1.29 bits per heavy atom. The quantitative estimate of drug-likeness (QED) is 0.809. The van der Waals surface area contributed by atoms with Crippen LogP contribution < -0.4 is 0 Å². The topological polar surface area (TPSA) is 12.5 Å². The first-order valence-electron chi connectivity index (χ1n) is 6.11. The van der Waals surface area contributed by atoms with E-state index < -0.39 is 0 Å². The fourth-order valence-electron chi connectivity index (χ4n) is 2.32. The molecule has 1 aliphatic rings. The summed E-state index contributed by atoms with van der Waals surface area (Å²) in [7, 11) is 0. The minimum atomic E-state index is 0.879. The molecule has 0 N–H and O–H groups in total. The molecule has 0 radical (unpaired) electrons. The molecule has 1 saturated heterocycles. The second-order valence-electron chi connectivity index (χ2n) is 4.59. The van der Waals surface area contributed by atoms with E-state index in [9.17, 15) is 0 Å². The lowest BCUT2D eigenvalue weighted by molar-refractivity contribution is 0.0346. The van der Waals surface area contributed by atoms with Gasteiger partial charge in [-0.3, -0.25) is 4.90 Å². The molecule has 0 aliphatic carbocycles. The molecule has 2 heterocycles. The Balaban J connectivity index is 1.83. The molecule has 1 fully saturated rings. The molecule has 3 heteroatoms. The highest BCUT2D eigenvalue weighted by Gasteiger charge is 2.12. The molecular weight excluding hydrogens is 230 g/mol. The van der Waals surface area contributed by atoms with Gasteiger partial charge in [0.15, 0.2) is 0 Å². The van der Waals surface area contributed by atoms with E-state index in [1.165, 1.54) is 20.5 Å². The Labute approximate surface area is 106 Å². The Morgan fingerprint density at radius 2 is 2.12 bits per heavy atom. The Bertz CT molecular complexity index is 514.